The number of ether oxygens (including phenoxy) is 1. The van der Waals surface area contributed by atoms with Gasteiger partial charge in [-0.25, -0.2) is 0 Å². The van der Waals surface area contributed by atoms with E-state index in [2.05, 4.69) is 24.1 Å². The number of nitrogens with zero attached hydrogens (tertiary/aromatic N) is 1. The van der Waals surface area contributed by atoms with Crippen molar-refractivity contribution in [2.75, 3.05) is 26.2 Å². The van der Waals surface area contributed by atoms with Gasteiger partial charge >= 0.3 is 0 Å². The highest BCUT2D eigenvalue weighted by molar-refractivity contribution is 5.81. The lowest BCUT2D eigenvalue weighted by Gasteiger charge is -2.34. The van der Waals surface area contributed by atoms with Gasteiger partial charge in [-0.05, 0) is 25.2 Å². The maximum atomic E-state index is 12.7. The Bertz CT molecular complexity index is 282. The van der Waals surface area contributed by atoms with Crippen LogP contribution < -0.4 is 5.32 Å². The van der Waals surface area contributed by atoms with E-state index in [4.69, 9.17) is 4.74 Å². The highest BCUT2D eigenvalue weighted by atomic mass is 16.5. The van der Waals surface area contributed by atoms with Crippen LogP contribution in [0, 0.1) is 5.92 Å². The van der Waals surface area contributed by atoms with Crippen LogP contribution >= 0.6 is 0 Å². The SMILES string of the molecule is CC(C)CCN(C(=O)C1CNCCO1)C1CCCC1. The van der Waals surface area contributed by atoms with Gasteiger partial charge in [-0.2, -0.15) is 0 Å². The Kier molecular flexibility index (Phi) is 5.64. The Morgan fingerprint density at radius 2 is 2.11 bits per heavy atom. The zero-order valence-corrected chi connectivity index (χ0v) is 12.4. The summed E-state index contributed by atoms with van der Waals surface area (Å²) in [6, 6.07) is 0.455. The molecule has 110 valence electrons. The number of carbonyl (C=O) groups excluding carboxylic acids is 1. The molecule has 1 saturated carbocycles. The summed E-state index contributed by atoms with van der Waals surface area (Å²) in [6.07, 6.45) is 5.69. The van der Waals surface area contributed by atoms with Crippen molar-refractivity contribution in [3.05, 3.63) is 0 Å². The Morgan fingerprint density at radius 1 is 1.37 bits per heavy atom. The monoisotopic (exact) mass is 268 g/mol. The fourth-order valence-electron chi connectivity index (χ4n) is 2.99. The molecule has 0 aromatic carbocycles. The first kappa shape index (κ1) is 14.8. The van der Waals surface area contributed by atoms with Gasteiger partial charge in [-0.15, -0.1) is 0 Å². The van der Waals surface area contributed by atoms with Crippen LogP contribution in [0.15, 0.2) is 0 Å². The van der Waals surface area contributed by atoms with E-state index in [1.54, 1.807) is 0 Å². The van der Waals surface area contributed by atoms with Crippen LogP contribution in [0.4, 0.5) is 0 Å². The van der Waals surface area contributed by atoms with Crippen molar-refractivity contribution < 1.29 is 9.53 Å². The molecule has 19 heavy (non-hydrogen) atoms. The molecular weight excluding hydrogens is 240 g/mol. The first-order valence-corrected chi connectivity index (χ1v) is 7.81. The Hall–Kier alpha value is -0.610. The van der Waals surface area contributed by atoms with Crippen LogP contribution in [0.3, 0.4) is 0 Å². The number of carbonyl (C=O) groups is 1. The summed E-state index contributed by atoms with van der Waals surface area (Å²) in [4.78, 5) is 14.8. The molecule has 0 aromatic rings. The lowest BCUT2D eigenvalue weighted by atomic mass is 10.1. The van der Waals surface area contributed by atoms with Crippen molar-refractivity contribution in [1.29, 1.82) is 0 Å². The average Bonchev–Trinajstić information content (AvgIpc) is 2.93. The number of nitrogens with one attached hydrogen (secondary N) is 1. The minimum atomic E-state index is -0.262. The standard InChI is InChI=1S/C15H28N2O2/c1-12(2)7-9-17(13-5-3-4-6-13)15(18)14-11-16-8-10-19-14/h12-14,16H,3-11H2,1-2H3. The number of amides is 1. The van der Waals surface area contributed by atoms with Crippen LogP contribution in [0.5, 0.6) is 0 Å². The van der Waals surface area contributed by atoms with Crippen LogP contribution in [0.2, 0.25) is 0 Å². The molecule has 1 atom stereocenters. The molecule has 1 saturated heterocycles. The summed E-state index contributed by atoms with van der Waals surface area (Å²) in [5.74, 6) is 0.849. The summed E-state index contributed by atoms with van der Waals surface area (Å²) < 4.78 is 5.63. The normalized spacial score (nSPS) is 24.9. The Balaban J connectivity index is 1.95. The second-order valence-corrected chi connectivity index (χ2v) is 6.22. The average molecular weight is 268 g/mol. The number of hydrogen-bond acceptors (Lipinski definition) is 3. The predicted octanol–water partition coefficient (Wildman–Crippen LogP) is 1.79. The van der Waals surface area contributed by atoms with Crippen LogP contribution in [-0.4, -0.2) is 49.2 Å². The molecule has 2 fully saturated rings. The van der Waals surface area contributed by atoms with Crippen molar-refractivity contribution in [2.24, 2.45) is 5.92 Å². The van der Waals surface area contributed by atoms with Crippen LogP contribution in [0.1, 0.15) is 46.0 Å². The summed E-state index contributed by atoms with van der Waals surface area (Å²) in [7, 11) is 0. The summed E-state index contributed by atoms with van der Waals surface area (Å²) in [6.45, 7) is 7.51. The molecule has 0 aromatic heterocycles. The molecule has 1 amide bonds. The van der Waals surface area contributed by atoms with Crippen molar-refractivity contribution >= 4 is 5.91 Å². The maximum absolute atomic E-state index is 12.7. The van der Waals surface area contributed by atoms with E-state index >= 15 is 0 Å². The van der Waals surface area contributed by atoms with Gasteiger partial charge < -0.3 is 15.0 Å². The fraction of sp³-hybridized carbons (Fsp3) is 0.933. The number of hydrogen-bond donors (Lipinski definition) is 1. The third-order valence-electron chi connectivity index (χ3n) is 4.20. The first-order chi connectivity index (χ1) is 9.18. The van der Waals surface area contributed by atoms with Crippen molar-refractivity contribution in [1.82, 2.24) is 10.2 Å². The minimum Gasteiger partial charge on any atom is -0.366 e. The lowest BCUT2D eigenvalue weighted by Crippen LogP contribution is -2.52. The molecule has 2 rings (SSSR count). The van der Waals surface area contributed by atoms with E-state index < -0.39 is 0 Å². The molecule has 1 heterocycles. The van der Waals surface area contributed by atoms with E-state index in [1.807, 2.05) is 0 Å². The summed E-state index contributed by atoms with van der Waals surface area (Å²) in [5.41, 5.74) is 0. The van der Waals surface area contributed by atoms with Crippen LogP contribution in [-0.2, 0) is 9.53 Å². The van der Waals surface area contributed by atoms with Crippen molar-refractivity contribution in [3.63, 3.8) is 0 Å². The molecule has 1 aliphatic heterocycles. The quantitative estimate of drug-likeness (QED) is 0.826. The van der Waals surface area contributed by atoms with Gasteiger partial charge in [0.25, 0.3) is 5.91 Å². The second-order valence-electron chi connectivity index (χ2n) is 6.22. The molecular formula is C15H28N2O2. The largest absolute Gasteiger partial charge is 0.366 e. The molecule has 0 radical (unpaired) electrons. The molecule has 0 spiro atoms. The van der Waals surface area contributed by atoms with Gasteiger partial charge in [0.15, 0.2) is 0 Å². The molecule has 4 nitrogen and oxygen atoms in total. The molecule has 0 bridgehead atoms. The van der Waals surface area contributed by atoms with Gasteiger partial charge in [0.1, 0.15) is 6.10 Å². The van der Waals surface area contributed by atoms with Gasteiger partial charge in [0.2, 0.25) is 0 Å². The topological polar surface area (TPSA) is 41.6 Å². The molecule has 2 aliphatic rings. The maximum Gasteiger partial charge on any atom is 0.253 e. The minimum absolute atomic E-state index is 0.208. The van der Waals surface area contributed by atoms with E-state index in [0.29, 0.717) is 25.1 Å². The van der Waals surface area contributed by atoms with Crippen molar-refractivity contribution in [2.45, 2.75) is 58.1 Å². The van der Waals surface area contributed by atoms with Gasteiger partial charge in [0, 0.05) is 25.7 Å². The third-order valence-corrected chi connectivity index (χ3v) is 4.20. The zero-order valence-electron chi connectivity index (χ0n) is 12.4. The molecule has 4 heteroatoms. The molecule has 1 aliphatic carbocycles. The predicted molar refractivity (Wildman–Crippen MR) is 76.0 cm³/mol. The highest BCUT2D eigenvalue weighted by Crippen LogP contribution is 2.25. The smallest absolute Gasteiger partial charge is 0.253 e. The van der Waals surface area contributed by atoms with E-state index in [0.717, 1.165) is 19.5 Å². The van der Waals surface area contributed by atoms with E-state index in [1.165, 1.54) is 25.7 Å². The fourth-order valence-corrected chi connectivity index (χ4v) is 2.99. The lowest BCUT2D eigenvalue weighted by molar-refractivity contribution is -0.147. The van der Waals surface area contributed by atoms with Crippen LogP contribution in [0.25, 0.3) is 0 Å². The Labute approximate surface area is 116 Å². The molecule has 1 unspecified atom stereocenters. The summed E-state index contributed by atoms with van der Waals surface area (Å²) >= 11 is 0. The molecule has 1 N–H and O–H groups in total. The zero-order chi connectivity index (χ0) is 13.7. The summed E-state index contributed by atoms with van der Waals surface area (Å²) in [5, 5.41) is 3.25. The van der Waals surface area contributed by atoms with Crippen molar-refractivity contribution in [3.8, 4) is 0 Å². The van der Waals surface area contributed by atoms with Gasteiger partial charge in [-0.3, -0.25) is 4.79 Å². The number of morpholine rings is 1. The highest BCUT2D eigenvalue weighted by Gasteiger charge is 2.32. The van der Waals surface area contributed by atoms with Gasteiger partial charge in [0.05, 0.1) is 6.61 Å². The number of rotatable bonds is 5. The van der Waals surface area contributed by atoms with E-state index in [-0.39, 0.29) is 12.0 Å². The second kappa shape index (κ2) is 7.25. The Morgan fingerprint density at radius 3 is 2.68 bits per heavy atom. The first-order valence-electron chi connectivity index (χ1n) is 7.81. The van der Waals surface area contributed by atoms with Gasteiger partial charge in [-0.1, -0.05) is 26.7 Å². The van der Waals surface area contributed by atoms with E-state index in [9.17, 15) is 4.79 Å². The third kappa shape index (κ3) is 4.18.